The lowest BCUT2D eigenvalue weighted by Crippen LogP contribution is -2.15. The average Bonchev–Trinajstić information content (AvgIpc) is 3.09. The van der Waals surface area contributed by atoms with Crippen LogP contribution in [-0.4, -0.2) is 23.1 Å². The topological polar surface area (TPSA) is 75.9 Å². The van der Waals surface area contributed by atoms with E-state index in [9.17, 15) is 0 Å². The van der Waals surface area contributed by atoms with Crippen LogP contribution < -0.4 is 16.4 Å². The molecule has 0 aliphatic heterocycles. The second-order valence-electron chi connectivity index (χ2n) is 4.72. The number of rotatable bonds is 6. The van der Waals surface area contributed by atoms with Crippen molar-refractivity contribution in [3.8, 4) is 0 Å². The highest BCUT2D eigenvalue weighted by Gasteiger charge is 2.27. The number of nitrogens with two attached hydrogens (primary N) is 1. The summed E-state index contributed by atoms with van der Waals surface area (Å²) >= 11 is 0. The zero-order chi connectivity index (χ0) is 12.3. The van der Waals surface area contributed by atoms with Gasteiger partial charge in [0.2, 0.25) is 5.95 Å². The van der Waals surface area contributed by atoms with Crippen molar-refractivity contribution in [2.24, 2.45) is 11.8 Å². The molecule has 5 nitrogen and oxygen atoms in total. The molecule has 17 heavy (non-hydrogen) atoms. The summed E-state index contributed by atoms with van der Waals surface area (Å²) in [6.07, 6.45) is 2.74. The van der Waals surface area contributed by atoms with E-state index in [4.69, 9.17) is 5.73 Å². The molecule has 2 rings (SSSR count). The Morgan fingerprint density at radius 2 is 2.00 bits per heavy atom. The van der Waals surface area contributed by atoms with Gasteiger partial charge in [-0.25, -0.2) is 0 Å². The maximum atomic E-state index is 5.67. The number of nitrogens with zero attached hydrogens (tertiary/aromatic N) is 2. The van der Waals surface area contributed by atoms with Crippen LogP contribution in [0.2, 0.25) is 0 Å². The minimum absolute atomic E-state index is 0.310. The molecule has 4 N–H and O–H groups in total. The summed E-state index contributed by atoms with van der Waals surface area (Å²) in [6.45, 7) is 6.09. The Bertz CT molecular complexity index is 375. The minimum atomic E-state index is 0.310. The first-order valence-electron chi connectivity index (χ1n) is 6.31. The number of hydrogen-bond acceptors (Lipinski definition) is 5. The first kappa shape index (κ1) is 12.0. The van der Waals surface area contributed by atoms with Gasteiger partial charge in [-0.3, -0.25) is 0 Å². The number of nitrogens with one attached hydrogen (secondary N) is 2. The van der Waals surface area contributed by atoms with E-state index in [1.807, 2.05) is 13.0 Å². The molecule has 1 atom stereocenters. The van der Waals surface area contributed by atoms with Gasteiger partial charge in [0.05, 0.1) is 0 Å². The van der Waals surface area contributed by atoms with Crippen LogP contribution in [0.15, 0.2) is 6.07 Å². The lowest BCUT2D eigenvalue weighted by Gasteiger charge is -2.13. The zero-order valence-corrected chi connectivity index (χ0v) is 10.5. The molecule has 1 heterocycles. The Kier molecular flexibility index (Phi) is 3.66. The molecule has 1 fully saturated rings. The van der Waals surface area contributed by atoms with Crippen molar-refractivity contribution in [1.82, 2.24) is 9.97 Å². The van der Waals surface area contributed by atoms with Crippen LogP contribution in [0.1, 0.15) is 26.7 Å². The van der Waals surface area contributed by atoms with E-state index in [2.05, 4.69) is 27.5 Å². The minimum Gasteiger partial charge on any atom is -0.370 e. The smallest absolute Gasteiger partial charge is 0.223 e. The SMILES string of the molecule is CCNc1cc(NCC(C)C2CC2)nc(N)n1. The number of aromatic nitrogens is 2. The molecule has 1 aliphatic carbocycles. The molecule has 1 aromatic heterocycles. The third-order valence-electron chi connectivity index (χ3n) is 3.13. The van der Waals surface area contributed by atoms with Gasteiger partial charge in [0, 0.05) is 19.2 Å². The molecule has 94 valence electrons. The lowest BCUT2D eigenvalue weighted by molar-refractivity contribution is 0.536. The van der Waals surface area contributed by atoms with Crippen LogP contribution in [0, 0.1) is 11.8 Å². The van der Waals surface area contributed by atoms with Crippen molar-refractivity contribution < 1.29 is 0 Å². The Morgan fingerprint density at radius 3 is 2.59 bits per heavy atom. The van der Waals surface area contributed by atoms with E-state index in [-0.39, 0.29) is 0 Å². The van der Waals surface area contributed by atoms with Crippen molar-refractivity contribution in [3.05, 3.63) is 6.07 Å². The van der Waals surface area contributed by atoms with Crippen molar-refractivity contribution >= 4 is 17.6 Å². The average molecular weight is 235 g/mol. The van der Waals surface area contributed by atoms with Gasteiger partial charge in [0.1, 0.15) is 11.6 Å². The van der Waals surface area contributed by atoms with Gasteiger partial charge in [0.15, 0.2) is 0 Å². The second-order valence-corrected chi connectivity index (χ2v) is 4.72. The van der Waals surface area contributed by atoms with Crippen LogP contribution in [0.25, 0.3) is 0 Å². The Morgan fingerprint density at radius 1 is 1.35 bits per heavy atom. The highest BCUT2D eigenvalue weighted by atomic mass is 15.1. The van der Waals surface area contributed by atoms with Crippen LogP contribution in [-0.2, 0) is 0 Å². The Labute approximate surface area is 102 Å². The van der Waals surface area contributed by atoms with Crippen molar-refractivity contribution in [2.45, 2.75) is 26.7 Å². The highest BCUT2D eigenvalue weighted by Crippen LogP contribution is 2.36. The summed E-state index contributed by atoms with van der Waals surface area (Å²) in [5.74, 6) is 3.50. The van der Waals surface area contributed by atoms with Crippen molar-refractivity contribution in [2.75, 3.05) is 29.5 Å². The van der Waals surface area contributed by atoms with E-state index in [1.54, 1.807) is 0 Å². The molecule has 0 saturated heterocycles. The molecule has 0 bridgehead atoms. The van der Waals surface area contributed by atoms with Gasteiger partial charge in [-0.2, -0.15) is 9.97 Å². The highest BCUT2D eigenvalue weighted by molar-refractivity contribution is 5.50. The molecular formula is C12H21N5. The fourth-order valence-electron chi connectivity index (χ4n) is 1.93. The van der Waals surface area contributed by atoms with Gasteiger partial charge in [-0.05, 0) is 31.6 Å². The number of hydrogen-bond donors (Lipinski definition) is 3. The first-order valence-corrected chi connectivity index (χ1v) is 6.31. The largest absolute Gasteiger partial charge is 0.370 e. The molecule has 0 aromatic carbocycles. The fraction of sp³-hybridized carbons (Fsp3) is 0.667. The van der Waals surface area contributed by atoms with E-state index >= 15 is 0 Å². The van der Waals surface area contributed by atoms with Crippen molar-refractivity contribution in [1.29, 1.82) is 0 Å². The summed E-state index contributed by atoms with van der Waals surface area (Å²) in [6, 6.07) is 1.90. The third-order valence-corrected chi connectivity index (χ3v) is 3.13. The quantitative estimate of drug-likeness (QED) is 0.702. The normalized spacial score (nSPS) is 16.6. The summed E-state index contributed by atoms with van der Waals surface area (Å²) in [4.78, 5) is 8.30. The predicted octanol–water partition coefficient (Wildman–Crippen LogP) is 1.95. The summed E-state index contributed by atoms with van der Waals surface area (Å²) in [7, 11) is 0. The Balaban J connectivity index is 1.94. The summed E-state index contributed by atoms with van der Waals surface area (Å²) in [5, 5.41) is 6.47. The second kappa shape index (κ2) is 5.21. The van der Waals surface area contributed by atoms with Gasteiger partial charge in [-0.1, -0.05) is 6.92 Å². The maximum absolute atomic E-state index is 5.67. The van der Waals surface area contributed by atoms with Gasteiger partial charge in [-0.15, -0.1) is 0 Å². The molecule has 5 heteroatoms. The van der Waals surface area contributed by atoms with E-state index in [0.717, 1.165) is 30.6 Å². The first-order chi connectivity index (χ1) is 8.19. The van der Waals surface area contributed by atoms with Crippen LogP contribution in [0.5, 0.6) is 0 Å². The monoisotopic (exact) mass is 235 g/mol. The third kappa shape index (κ3) is 3.47. The lowest BCUT2D eigenvalue weighted by atomic mass is 10.1. The number of anilines is 3. The van der Waals surface area contributed by atoms with E-state index in [0.29, 0.717) is 11.9 Å². The zero-order valence-electron chi connectivity index (χ0n) is 10.5. The molecule has 0 radical (unpaired) electrons. The van der Waals surface area contributed by atoms with Gasteiger partial charge in [0.25, 0.3) is 0 Å². The fourth-order valence-corrected chi connectivity index (χ4v) is 1.93. The van der Waals surface area contributed by atoms with E-state index < -0.39 is 0 Å². The molecule has 1 aliphatic rings. The predicted molar refractivity (Wildman–Crippen MR) is 71.0 cm³/mol. The van der Waals surface area contributed by atoms with Crippen LogP contribution in [0.4, 0.5) is 17.6 Å². The van der Waals surface area contributed by atoms with Gasteiger partial charge >= 0.3 is 0 Å². The standard InChI is InChI=1S/C12H21N5/c1-3-14-10-6-11(17-12(13)16-10)15-7-8(2)9-4-5-9/h6,8-9H,3-5,7H2,1-2H3,(H4,13,14,15,16,17). The molecule has 0 amide bonds. The molecular weight excluding hydrogens is 214 g/mol. The molecule has 1 aromatic rings. The van der Waals surface area contributed by atoms with Crippen molar-refractivity contribution in [3.63, 3.8) is 0 Å². The molecule has 1 unspecified atom stereocenters. The van der Waals surface area contributed by atoms with E-state index in [1.165, 1.54) is 12.8 Å². The number of nitrogen functional groups attached to an aromatic ring is 1. The molecule has 1 saturated carbocycles. The van der Waals surface area contributed by atoms with Gasteiger partial charge < -0.3 is 16.4 Å². The van der Waals surface area contributed by atoms with Crippen LogP contribution in [0.3, 0.4) is 0 Å². The maximum Gasteiger partial charge on any atom is 0.223 e. The summed E-state index contributed by atoms with van der Waals surface area (Å²) < 4.78 is 0. The summed E-state index contributed by atoms with van der Waals surface area (Å²) in [5.41, 5.74) is 5.67. The van der Waals surface area contributed by atoms with Crippen LogP contribution >= 0.6 is 0 Å². The molecule has 0 spiro atoms. The Hall–Kier alpha value is -1.52.